The Morgan fingerprint density at radius 3 is 2.56 bits per heavy atom. The zero-order chi connectivity index (χ0) is 13.8. The SMILES string of the molecule is CC.COCC(C)(C)c1ccc2c(C)cnn2c1. The van der Waals surface area contributed by atoms with E-state index in [0.717, 1.165) is 5.52 Å². The van der Waals surface area contributed by atoms with Crippen molar-refractivity contribution in [3.8, 4) is 0 Å². The largest absolute Gasteiger partial charge is 0.384 e. The van der Waals surface area contributed by atoms with Gasteiger partial charge in [0.2, 0.25) is 0 Å². The molecule has 0 aliphatic carbocycles. The lowest BCUT2D eigenvalue weighted by Gasteiger charge is -2.24. The first kappa shape index (κ1) is 14.7. The minimum Gasteiger partial charge on any atom is -0.384 e. The Morgan fingerprint density at radius 2 is 1.94 bits per heavy atom. The fourth-order valence-electron chi connectivity index (χ4n) is 1.96. The van der Waals surface area contributed by atoms with Gasteiger partial charge in [0.25, 0.3) is 0 Å². The highest BCUT2D eigenvalue weighted by molar-refractivity contribution is 5.53. The van der Waals surface area contributed by atoms with Gasteiger partial charge in [-0.2, -0.15) is 5.10 Å². The van der Waals surface area contributed by atoms with Gasteiger partial charge in [-0.3, -0.25) is 0 Å². The molecule has 0 spiro atoms. The van der Waals surface area contributed by atoms with Gasteiger partial charge in [-0.25, -0.2) is 4.52 Å². The predicted octanol–water partition coefficient (Wildman–Crippen LogP) is 3.59. The Kier molecular flexibility index (Phi) is 4.91. The Bertz CT molecular complexity index is 500. The van der Waals surface area contributed by atoms with Gasteiger partial charge in [0.1, 0.15) is 0 Å². The molecule has 2 aromatic heterocycles. The molecule has 0 amide bonds. The molecule has 3 nitrogen and oxygen atoms in total. The van der Waals surface area contributed by atoms with Gasteiger partial charge in [0.05, 0.1) is 18.3 Å². The second-order valence-corrected chi connectivity index (χ2v) is 4.89. The van der Waals surface area contributed by atoms with Crippen LogP contribution >= 0.6 is 0 Å². The van der Waals surface area contributed by atoms with Gasteiger partial charge < -0.3 is 4.74 Å². The van der Waals surface area contributed by atoms with Crippen molar-refractivity contribution in [2.45, 2.75) is 40.0 Å². The smallest absolute Gasteiger partial charge is 0.0690 e. The summed E-state index contributed by atoms with van der Waals surface area (Å²) in [4.78, 5) is 0. The summed E-state index contributed by atoms with van der Waals surface area (Å²) in [7, 11) is 1.73. The van der Waals surface area contributed by atoms with Gasteiger partial charge in [-0.15, -0.1) is 0 Å². The Morgan fingerprint density at radius 1 is 1.28 bits per heavy atom. The van der Waals surface area contributed by atoms with Gasteiger partial charge in [0, 0.05) is 18.7 Å². The van der Waals surface area contributed by atoms with Crippen molar-refractivity contribution >= 4 is 5.52 Å². The molecule has 0 aliphatic rings. The molecule has 2 aromatic rings. The summed E-state index contributed by atoms with van der Waals surface area (Å²) in [6.45, 7) is 11.1. The fourth-order valence-corrected chi connectivity index (χ4v) is 1.96. The van der Waals surface area contributed by atoms with E-state index in [-0.39, 0.29) is 5.41 Å². The summed E-state index contributed by atoms with van der Waals surface area (Å²) in [5.74, 6) is 0. The van der Waals surface area contributed by atoms with Crippen LogP contribution in [-0.4, -0.2) is 23.3 Å². The van der Waals surface area contributed by atoms with Gasteiger partial charge >= 0.3 is 0 Å². The van der Waals surface area contributed by atoms with Crippen molar-refractivity contribution in [3.63, 3.8) is 0 Å². The highest BCUT2D eigenvalue weighted by atomic mass is 16.5. The number of pyridine rings is 1. The fraction of sp³-hybridized carbons (Fsp3) is 0.533. The summed E-state index contributed by atoms with van der Waals surface area (Å²) in [5.41, 5.74) is 3.63. The number of nitrogens with zero attached hydrogens (tertiary/aromatic N) is 2. The molecular weight excluding hydrogens is 224 g/mol. The van der Waals surface area contributed by atoms with E-state index in [2.05, 4.69) is 44.2 Å². The maximum atomic E-state index is 5.25. The average molecular weight is 248 g/mol. The molecule has 18 heavy (non-hydrogen) atoms. The number of hydrogen-bond acceptors (Lipinski definition) is 2. The minimum atomic E-state index is 0.0167. The molecule has 0 saturated carbocycles. The first-order valence-electron chi connectivity index (χ1n) is 6.48. The molecule has 3 heteroatoms. The molecule has 0 saturated heterocycles. The molecular formula is C15H24N2O. The van der Waals surface area contributed by atoms with Crippen LogP contribution in [0.4, 0.5) is 0 Å². The summed E-state index contributed by atoms with van der Waals surface area (Å²) in [6.07, 6.45) is 3.98. The highest BCUT2D eigenvalue weighted by Gasteiger charge is 2.21. The van der Waals surface area contributed by atoms with E-state index in [1.807, 2.05) is 24.6 Å². The number of hydrogen-bond donors (Lipinski definition) is 0. The lowest BCUT2D eigenvalue weighted by Crippen LogP contribution is -2.24. The van der Waals surface area contributed by atoms with Crippen molar-refractivity contribution in [2.24, 2.45) is 0 Å². The molecule has 0 N–H and O–H groups in total. The third-order valence-electron chi connectivity index (χ3n) is 3.00. The normalized spacial score (nSPS) is 11.2. The number of methoxy groups -OCH3 is 1. The van der Waals surface area contributed by atoms with E-state index in [4.69, 9.17) is 4.74 Å². The van der Waals surface area contributed by atoms with E-state index >= 15 is 0 Å². The molecule has 100 valence electrons. The quantitative estimate of drug-likeness (QED) is 0.829. The maximum absolute atomic E-state index is 5.25. The predicted molar refractivity (Wildman–Crippen MR) is 76.2 cm³/mol. The zero-order valence-corrected chi connectivity index (χ0v) is 12.3. The first-order chi connectivity index (χ1) is 8.54. The van der Waals surface area contributed by atoms with E-state index in [1.54, 1.807) is 7.11 Å². The van der Waals surface area contributed by atoms with Crippen molar-refractivity contribution in [3.05, 3.63) is 35.7 Å². The molecule has 0 atom stereocenters. The molecule has 0 unspecified atom stereocenters. The second kappa shape index (κ2) is 6.01. The van der Waals surface area contributed by atoms with Crippen LogP contribution in [0.2, 0.25) is 0 Å². The number of fused-ring (bicyclic) bond motifs is 1. The van der Waals surface area contributed by atoms with Crippen molar-refractivity contribution in [1.29, 1.82) is 0 Å². The lowest BCUT2D eigenvalue weighted by molar-refractivity contribution is 0.146. The van der Waals surface area contributed by atoms with E-state index in [1.165, 1.54) is 11.1 Å². The van der Waals surface area contributed by atoms with Crippen molar-refractivity contribution in [2.75, 3.05) is 13.7 Å². The highest BCUT2D eigenvalue weighted by Crippen LogP contribution is 2.24. The summed E-state index contributed by atoms with van der Waals surface area (Å²) in [6, 6.07) is 4.28. The van der Waals surface area contributed by atoms with E-state index < -0.39 is 0 Å². The Hall–Kier alpha value is -1.35. The molecule has 0 radical (unpaired) electrons. The van der Waals surface area contributed by atoms with Crippen LogP contribution in [0.5, 0.6) is 0 Å². The topological polar surface area (TPSA) is 26.5 Å². The number of aryl methyl sites for hydroxylation is 1. The molecule has 2 heterocycles. The van der Waals surface area contributed by atoms with Crippen molar-refractivity contribution < 1.29 is 4.74 Å². The van der Waals surface area contributed by atoms with Crippen LogP contribution in [-0.2, 0) is 10.2 Å². The zero-order valence-electron chi connectivity index (χ0n) is 12.3. The third kappa shape index (κ3) is 2.91. The Labute approximate surface area is 110 Å². The van der Waals surface area contributed by atoms with Gasteiger partial charge in [-0.05, 0) is 24.1 Å². The molecule has 2 rings (SSSR count). The van der Waals surface area contributed by atoms with Crippen molar-refractivity contribution in [1.82, 2.24) is 9.61 Å². The number of ether oxygens (including phenoxy) is 1. The molecule has 0 aromatic carbocycles. The standard InChI is InChI=1S/C13H18N2O.C2H6/c1-10-7-14-15-8-11(5-6-12(10)15)13(2,3)9-16-4;1-2/h5-8H,9H2,1-4H3;1-2H3. The van der Waals surface area contributed by atoms with Crippen LogP contribution in [0.3, 0.4) is 0 Å². The van der Waals surface area contributed by atoms with Crippen LogP contribution < -0.4 is 0 Å². The van der Waals surface area contributed by atoms with Crippen LogP contribution in [0.25, 0.3) is 5.52 Å². The molecule has 0 aliphatic heterocycles. The monoisotopic (exact) mass is 248 g/mol. The lowest BCUT2D eigenvalue weighted by atomic mass is 9.86. The molecule has 0 bridgehead atoms. The number of aromatic nitrogens is 2. The van der Waals surface area contributed by atoms with Gasteiger partial charge in [-0.1, -0.05) is 33.8 Å². The summed E-state index contributed by atoms with van der Waals surface area (Å²) < 4.78 is 7.18. The Balaban J connectivity index is 0.000000771. The van der Waals surface area contributed by atoms with Crippen LogP contribution in [0.15, 0.2) is 24.5 Å². The van der Waals surface area contributed by atoms with Crippen LogP contribution in [0.1, 0.15) is 38.8 Å². The van der Waals surface area contributed by atoms with Gasteiger partial charge in [0.15, 0.2) is 0 Å². The maximum Gasteiger partial charge on any atom is 0.0690 e. The third-order valence-corrected chi connectivity index (χ3v) is 3.00. The average Bonchev–Trinajstić information content (AvgIpc) is 2.73. The first-order valence-corrected chi connectivity index (χ1v) is 6.48. The number of rotatable bonds is 3. The summed E-state index contributed by atoms with van der Waals surface area (Å²) in [5, 5.41) is 4.33. The van der Waals surface area contributed by atoms with Crippen LogP contribution in [0, 0.1) is 6.92 Å². The summed E-state index contributed by atoms with van der Waals surface area (Å²) >= 11 is 0. The van der Waals surface area contributed by atoms with E-state index in [9.17, 15) is 0 Å². The minimum absolute atomic E-state index is 0.0167. The van der Waals surface area contributed by atoms with E-state index in [0.29, 0.717) is 6.61 Å². The molecule has 0 fully saturated rings. The second-order valence-electron chi connectivity index (χ2n) is 4.89.